The molecule has 0 N–H and O–H groups in total. The lowest BCUT2D eigenvalue weighted by Crippen LogP contribution is -2.09. The average molecular weight is 309 g/mol. The van der Waals surface area contributed by atoms with Crippen LogP contribution in [0.2, 0.25) is 0 Å². The molecule has 0 saturated carbocycles. The van der Waals surface area contributed by atoms with Gasteiger partial charge in [0.05, 0.1) is 22.8 Å². The Bertz CT molecular complexity index is 713. The molecule has 1 heterocycles. The summed E-state index contributed by atoms with van der Waals surface area (Å²) in [5.74, 6) is 0.165. The highest BCUT2D eigenvalue weighted by atomic mass is 35.5. The molecule has 0 aliphatic carbocycles. The number of benzene rings is 1. The Balaban J connectivity index is 2.77. The molecule has 0 spiro atoms. The molecular formula is C11H11ClF2N2O2S. The Morgan fingerprint density at radius 3 is 2.63 bits per heavy atom. The summed E-state index contributed by atoms with van der Waals surface area (Å²) in [5.41, 5.74) is 0.528. The van der Waals surface area contributed by atoms with E-state index >= 15 is 0 Å². The zero-order chi connectivity index (χ0) is 14.2. The largest absolute Gasteiger partial charge is 0.321 e. The van der Waals surface area contributed by atoms with E-state index in [0.29, 0.717) is 5.52 Å². The smallest absolute Gasteiger partial charge is 0.256 e. The summed E-state index contributed by atoms with van der Waals surface area (Å²) in [6.07, 6.45) is -1.52. The zero-order valence-corrected chi connectivity index (χ0v) is 11.5. The van der Waals surface area contributed by atoms with Crippen LogP contribution in [0.5, 0.6) is 0 Å². The SMILES string of the molecule is CS(=O)(=O)c1cccc2c1nc(CCl)n2CC(F)F. The minimum Gasteiger partial charge on any atom is -0.321 e. The minimum absolute atomic E-state index is 0.0179. The van der Waals surface area contributed by atoms with Gasteiger partial charge in [0.2, 0.25) is 0 Å². The molecule has 0 amide bonds. The molecule has 4 nitrogen and oxygen atoms in total. The number of halogens is 3. The van der Waals surface area contributed by atoms with Crippen molar-refractivity contribution >= 4 is 32.5 Å². The van der Waals surface area contributed by atoms with Crippen LogP contribution in [0.1, 0.15) is 5.82 Å². The molecule has 104 valence electrons. The van der Waals surface area contributed by atoms with Gasteiger partial charge in [-0.2, -0.15) is 0 Å². The molecule has 2 aromatic rings. The predicted molar refractivity (Wildman–Crippen MR) is 68.4 cm³/mol. The van der Waals surface area contributed by atoms with Crippen LogP contribution in [-0.4, -0.2) is 30.7 Å². The van der Waals surface area contributed by atoms with E-state index in [2.05, 4.69) is 4.98 Å². The molecule has 0 fully saturated rings. The molecule has 8 heteroatoms. The van der Waals surface area contributed by atoms with Crippen molar-refractivity contribution in [3.8, 4) is 0 Å². The number of rotatable bonds is 4. The van der Waals surface area contributed by atoms with Gasteiger partial charge in [-0.1, -0.05) is 6.07 Å². The summed E-state index contributed by atoms with van der Waals surface area (Å²) in [4.78, 5) is 4.09. The number of hydrogen-bond acceptors (Lipinski definition) is 3. The Morgan fingerprint density at radius 2 is 2.11 bits per heavy atom. The second-order valence-electron chi connectivity index (χ2n) is 4.06. The summed E-state index contributed by atoms with van der Waals surface area (Å²) >= 11 is 5.68. The molecule has 0 unspecified atom stereocenters. The van der Waals surface area contributed by atoms with E-state index in [1.54, 1.807) is 6.07 Å². The van der Waals surface area contributed by atoms with Crippen LogP contribution < -0.4 is 0 Å². The normalized spacial score (nSPS) is 12.5. The number of sulfone groups is 1. The van der Waals surface area contributed by atoms with Crippen molar-refractivity contribution in [1.82, 2.24) is 9.55 Å². The second kappa shape index (κ2) is 5.05. The number of hydrogen-bond donors (Lipinski definition) is 0. The molecular weight excluding hydrogens is 298 g/mol. The van der Waals surface area contributed by atoms with Crippen molar-refractivity contribution in [3.63, 3.8) is 0 Å². The third-order valence-corrected chi connectivity index (χ3v) is 4.03. The van der Waals surface area contributed by atoms with Crippen LogP contribution in [0.25, 0.3) is 11.0 Å². The van der Waals surface area contributed by atoms with E-state index in [1.807, 2.05) is 0 Å². The first-order valence-corrected chi connectivity index (χ1v) is 7.79. The summed E-state index contributed by atoms with van der Waals surface area (Å²) in [5, 5.41) is 0. The lowest BCUT2D eigenvalue weighted by molar-refractivity contribution is 0.127. The van der Waals surface area contributed by atoms with Crippen molar-refractivity contribution in [2.24, 2.45) is 0 Å². The number of fused-ring (bicyclic) bond motifs is 1. The van der Waals surface area contributed by atoms with Gasteiger partial charge in [0.25, 0.3) is 6.43 Å². The highest BCUT2D eigenvalue weighted by Crippen LogP contribution is 2.25. The van der Waals surface area contributed by atoms with Gasteiger partial charge in [-0.15, -0.1) is 11.6 Å². The van der Waals surface area contributed by atoms with Crippen molar-refractivity contribution < 1.29 is 17.2 Å². The first-order chi connectivity index (χ1) is 8.84. The van der Waals surface area contributed by atoms with Crippen LogP contribution in [0.15, 0.2) is 23.1 Å². The molecule has 0 aliphatic rings. The standard InChI is InChI=1S/C11H11ClF2N2O2S/c1-19(17,18)8-4-2-3-7-11(8)15-10(5-12)16(7)6-9(13)14/h2-4,9H,5-6H2,1H3. The third-order valence-electron chi connectivity index (χ3n) is 2.66. The molecule has 0 aliphatic heterocycles. The van der Waals surface area contributed by atoms with Gasteiger partial charge in [0.1, 0.15) is 11.3 Å². The van der Waals surface area contributed by atoms with Gasteiger partial charge >= 0.3 is 0 Å². The quantitative estimate of drug-likeness (QED) is 0.815. The number of aromatic nitrogens is 2. The van der Waals surface area contributed by atoms with E-state index in [4.69, 9.17) is 11.6 Å². The second-order valence-corrected chi connectivity index (χ2v) is 6.31. The third kappa shape index (κ3) is 2.71. The fourth-order valence-corrected chi connectivity index (χ4v) is 2.94. The van der Waals surface area contributed by atoms with E-state index < -0.39 is 22.8 Å². The van der Waals surface area contributed by atoms with Crippen molar-refractivity contribution in [2.75, 3.05) is 6.26 Å². The number of imidazole rings is 1. The molecule has 1 aromatic carbocycles. The highest BCUT2D eigenvalue weighted by Gasteiger charge is 2.19. The van der Waals surface area contributed by atoms with E-state index in [1.165, 1.54) is 16.7 Å². The van der Waals surface area contributed by atoms with Gasteiger partial charge in [0.15, 0.2) is 9.84 Å². The monoisotopic (exact) mass is 308 g/mol. The molecule has 0 saturated heterocycles. The van der Waals surface area contributed by atoms with E-state index in [9.17, 15) is 17.2 Å². The maximum Gasteiger partial charge on any atom is 0.256 e. The van der Waals surface area contributed by atoms with Crippen LogP contribution in [0.4, 0.5) is 8.78 Å². The first kappa shape index (κ1) is 14.2. The van der Waals surface area contributed by atoms with Gasteiger partial charge in [0, 0.05) is 6.26 Å². The average Bonchev–Trinajstić information content (AvgIpc) is 2.65. The maximum atomic E-state index is 12.6. The molecule has 2 rings (SSSR count). The maximum absolute atomic E-state index is 12.6. The summed E-state index contributed by atoms with van der Waals surface area (Å²) in [6, 6.07) is 4.45. The number of alkyl halides is 3. The van der Waals surface area contributed by atoms with Crippen LogP contribution >= 0.6 is 11.6 Å². The van der Waals surface area contributed by atoms with Gasteiger partial charge in [-0.3, -0.25) is 0 Å². The summed E-state index contributed by atoms with van der Waals surface area (Å²) in [7, 11) is -3.48. The molecule has 0 bridgehead atoms. The lowest BCUT2D eigenvalue weighted by Gasteiger charge is -2.06. The van der Waals surface area contributed by atoms with Crippen LogP contribution in [0.3, 0.4) is 0 Å². The topological polar surface area (TPSA) is 52.0 Å². The summed E-state index contributed by atoms with van der Waals surface area (Å²) < 4.78 is 49.7. The highest BCUT2D eigenvalue weighted by molar-refractivity contribution is 7.91. The van der Waals surface area contributed by atoms with Crippen LogP contribution in [0, 0.1) is 0 Å². The fourth-order valence-electron chi connectivity index (χ4n) is 1.91. The Labute approximate surface area is 113 Å². The zero-order valence-electron chi connectivity index (χ0n) is 9.98. The minimum atomic E-state index is -3.48. The predicted octanol–water partition coefficient (Wildman–Crippen LogP) is 2.44. The Morgan fingerprint density at radius 1 is 1.42 bits per heavy atom. The number of nitrogens with zero attached hydrogens (tertiary/aromatic N) is 2. The van der Waals surface area contributed by atoms with Crippen molar-refractivity contribution in [2.45, 2.75) is 23.7 Å². The van der Waals surface area contributed by atoms with Crippen molar-refractivity contribution in [3.05, 3.63) is 24.0 Å². The lowest BCUT2D eigenvalue weighted by atomic mass is 10.3. The molecule has 0 atom stereocenters. The van der Waals surface area contributed by atoms with E-state index in [-0.39, 0.29) is 22.1 Å². The molecule has 19 heavy (non-hydrogen) atoms. The van der Waals surface area contributed by atoms with Gasteiger partial charge in [-0.05, 0) is 12.1 Å². The Kier molecular flexibility index (Phi) is 3.78. The first-order valence-electron chi connectivity index (χ1n) is 5.37. The van der Waals surface area contributed by atoms with Gasteiger partial charge < -0.3 is 4.57 Å². The molecule has 1 aromatic heterocycles. The van der Waals surface area contributed by atoms with E-state index in [0.717, 1.165) is 6.26 Å². The van der Waals surface area contributed by atoms with Crippen molar-refractivity contribution in [1.29, 1.82) is 0 Å². The van der Waals surface area contributed by atoms with Gasteiger partial charge in [-0.25, -0.2) is 22.2 Å². The fraction of sp³-hybridized carbons (Fsp3) is 0.364. The van der Waals surface area contributed by atoms with Crippen LogP contribution in [-0.2, 0) is 22.3 Å². The summed E-state index contributed by atoms with van der Waals surface area (Å²) in [6.45, 7) is -0.564. The number of para-hydroxylation sites is 1. The Hall–Kier alpha value is -1.21. The molecule has 0 radical (unpaired) electrons.